The molecule has 2 rings (SSSR count). The fraction of sp³-hybridized carbons (Fsp3) is 0.714. The van der Waals surface area contributed by atoms with Crippen LogP contribution < -0.4 is 10.0 Å². The van der Waals surface area contributed by atoms with Gasteiger partial charge in [-0.1, -0.05) is 13.8 Å². The summed E-state index contributed by atoms with van der Waals surface area (Å²) < 4.78 is 38.4. The van der Waals surface area contributed by atoms with Crippen molar-refractivity contribution >= 4 is 10.0 Å². The van der Waals surface area contributed by atoms with E-state index in [0.29, 0.717) is 37.3 Å². The lowest BCUT2D eigenvalue weighted by Crippen LogP contribution is -2.40. The van der Waals surface area contributed by atoms with Crippen molar-refractivity contribution in [3.8, 4) is 0 Å². The Bertz CT molecular complexity index is 560. The summed E-state index contributed by atoms with van der Waals surface area (Å²) in [5, 5.41) is 3.21. The monoisotopic (exact) mass is 316 g/mol. The minimum absolute atomic E-state index is 0.157. The number of nitrogens with one attached hydrogen (secondary N) is 2. The van der Waals surface area contributed by atoms with Crippen molar-refractivity contribution in [3.05, 3.63) is 17.6 Å². The third kappa shape index (κ3) is 4.54. The molecule has 1 unspecified atom stereocenters. The maximum atomic E-state index is 12.4. The molecule has 1 aliphatic heterocycles. The van der Waals surface area contributed by atoms with Crippen LogP contribution in [0.3, 0.4) is 0 Å². The van der Waals surface area contributed by atoms with Gasteiger partial charge in [0.2, 0.25) is 10.0 Å². The van der Waals surface area contributed by atoms with Crippen LogP contribution in [0.2, 0.25) is 0 Å². The molecule has 0 aromatic carbocycles. The summed E-state index contributed by atoms with van der Waals surface area (Å²) >= 11 is 0. The number of sulfonamides is 1. The summed E-state index contributed by atoms with van der Waals surface area (Å²) in [6.45, 7) is 7.37. The second-order valence-corrected chi connectivity index (χ2v) is 7.39. The van der Waals surface area contributed by atoms with Gasteiger partial charge in [-0.05, 0) is 19.8 Å². The van der Waals surface area contributed by atoms with E-state index < -0.39 is 10.0 Å². The Morgan fingerprint density at radius 3 is 2.81 bits per heavy atom. The quantitative estimate of drug-likeness (QED) is 0.832. The maximum absolute atomic E-state index is 12.4. The zero-order valence-electron chi connectivity index (χ0n) is 12.8. The van der Waals surface area contributed by atoms with E-state index in [2.05, 4.69) is 10.0 Å². The molecular weight excluding hydrogens is 292 g/mol. The topological polar surface area (TPSA) is 80.6 Å². The smallest absolute Gasteiger partial charge is 0.244 e. The molecule has 1 saturated heterocycles. The molecule has 1 fully saturated rings. The first-order valence-corrected chi connectivity index (χ1v) is 8.79. The van der Waals surface area contributed by atoms with Crippen molar-refractivity contribution < 1.29 is 17.6 Å². The van der Waals surface area contributed by atoms with Crippen molar-refractivity contribution in [1.29, 1.82) is 0 Å². The van der Waals surface area contributed by atoms with Crippen LogP contribution in [0.4, 0.5) is 0 Å². The average Bonchev–Trinajstić information content (AvgIpc) is 2.79. The molecule has 7 heteroatoms. The van der Waals surface area contributed by atoms with Crippen molar-refractivity contribution in [3.63, 3.8) is 0 Å². The fourth-order valence-electron chi connectivity index (χ4n) is 2.30. The van der Waals surface area contributed by atoms with E-state index in [0.717, 1.165) is 12.8 Å². The van der Waals surface area contributed by atoms with Crippen molar-refractivity contribution in [2.75, 3.05) is 13.2 Å². The van der Waals surface area contributed by atoms with Crippen LogP contribution in [0.1, 0.15) is 38.2 Å². The Kier molecular flexibility index (Phi) is 5.43. The van der Waals surface area contributed by atoms with Crippen LogP contribution in [0.25, 0.3) is 0 Å². The summed E-state index contributed by atoms with van der Waals surface area (Å²) in [7, 11) is -3.56. The Balaban J connectivity index is 2.08. The van der Waals surface area contributed by atoms with Gasteiger partial charge in [0, 0.05) is 24.8 Å². The number of ether oxygens (including phenoxy) is 1. The summed E-state index contributed by atoms with van der Waals surface area (Å²) in [4.78, 5) is 0.216. The Morgan fingerprint density at radius 2 is 2.19 bits per heavy atom. The summed E-state index contributed by atoms with van der Waals surface area (Å²) in [6.07, 6.45) is 1.68. The number of hydrogen-bond donors (Lipinski definition) is 2. The lowest BCUT2D eigenvalue weighted by Gasteiger charge is -2.22. The predicted octanol–water partition coefficient (Wildman–Crippen LogP) is 1.54. The van der Waals surface area contributed by atoms with Crippen LogP contribution in [0.5, 0.6) is 0 Å². The van der Waals surface area contributed by atoms with E-state index in [1.165, 1.54) is 0 Å². The average molecular weight is 316 g/mol. The molecule has 0 amide bonds. The lowest BCUT2D eigenvalue weighted by atomic mass is 10.1. The van der Waals surface area contributed by atoms with E-state index in [-0.39, 0.29) is 10.9 Å². The van der Waals surface area contributed by atoms with Crippen LogP contribution in [-0.2, 0) is 21.3 Å². The van der Waals surface area contributed by atoms with E-state index in [1.54, 1.807) is 13.0 Å². The predicted molar refractivity (Wildman–Crippen MR) is 79.6 cm³/mol. The molecule has 0 spiro atoms. The second kappa shape index (κ2) is 6.91. The van der Waals surface area contributed by atoms with Gasteiger partial charge in [-0.15, -0.1) is 0 Å². The van der Waals surface area contributed by atoms with Gasteiger partial charge in [0.15, 0.2) is 0 Å². The molecule has 0 radical (unpaired) electrons. The molecule has 1 atom stereocenters. The first-order valence-electron chi connectivity index (χ1n) is 7.31. The largest absolute Gasteiger partial charge is 0.464 e. The Labute approximate surface area is 126 Å². The molecule has 1 aromatic rings. The molecular formula is C14H24N2O4S. The highest BCUT2D eigenvalue weighted by molar-refractivity contribution is 7.89. The van der Waals surface area contributed by atoms with Gasteiger partial charge in [-0.3, -0.25) is 0 Å². The third-order valence-corrected chi connectivity index (χ3v) is 5.01. The first kappa shape index (κ1) is 16.5. The highest BCUT2D eigenvalue weighted by atomic mass is 32.2. The molecule has 0 bridgehead atoms. The van der Waals surface area contributed by atoms with Gasteiger partial charge in [-0.2, -0.15) is 0 Å². The summed E-state index contributed by atoms with van der Waals surface area (Å²) in [5.41, 5.74) is 0. The van der Waals surface area contributed by atoms with Gasteiger partial charge in [0.1, 0.15) is 16.4 Å². The Morgan fingerprint density at radius 1 is 1.43 bits per heavy atom. The second-order valence-electron chi connectivity index (χ2n) is 5.70. The molecule has 21 heavy (non-hydrogen) atoms. The van der Waals surface area contributed by atoms with Crippen molar-refractivity contribution in [2.45, 2.75) is 57.1 Å². The maximum Gasteiger partial charge on any atom is 0.244 e. The highest BCUT2D eigenvalue weighted by Crippen LogP contribution is 2.21. The zero-order chi connectivity index (χ0) is 15.5. The van der Waals surface area contributed by atoms with Gasteiger partial charge < -0.3 is 14.5 Å². The highest BCUT2D eigenvalue weighted by Gasteiger charge is 2.26. The van der Waals surface area contributed by atoms with Gasteiger partial charge in [0.05, 0.1) is 13.2 Å². The Hall–Kier alpha value is -0.890. The third-order valence-electron chi connectivity index (χ3n) is 3.38. The first-order chi connectivity index (χ1) is 9.88. The van der Waals surface area contributed by atoms with E-state index >= 15 is 0 Å². The van der Waals surface area contributed by atoms with Crippen molar-refractivity contribution in [2.24, 2.45) is 0 Å². The molecule has 1 aromatic heterocycles. The summed E-state index contributed by atoms with van der Waals surface area (Å²) in [6, 6.07) is 1.75. The van der Waals surface area contributed by atoms with Gasteiger partial charge in [0.25, 0.3) is 0 Å². The van der Waals surface area contributed by atoms with Crippen LogP contribution in [0, 0.1) is 6.92 Å². The zero-order valence-corrected chi connectivity index (χ0v) is 13.6. The molecule has 0 saturated carbocycles. The lowest BCUT2D eigenvalue weighted by molar-refractivity contribution is 0.0774. The standard InChI is InChI=1S/C14H24N2O4S/c1-10(2)15-8-13-7-14(11(3)20-13)21(17,18)16-12-5-4-6-19-9-12/h7,10,12,15-16H,4-6,8-9H2,1-3H3. The van der Waals surface area contributed by atoms with E-state index in [9.17, 15) is 8.42 Å². The molecule has 2 heterocycles. The number of furan rings is 1. The number of rotatable bonds is 6. The number of hydrogen-bond acceptors (Lipinski definition) is 5. The fourth-order valence-corrected chi connectivity index (χ4v) is 3.76. The number of aryl methyl sites for hydroxylation is 1. The normalized spacial score (nSPS) is 20.1. The van der Waals surface area contributed by atoms with E-state index in [1.807, 2.05) is 13.8 Å². The van der Waals surface area contributed by atoms with Gasteiger partial charge in [-0.25, -0.2) is 13.1 Å². The molecule has 0 aliphatic carbocycles. The molecule has 6 nitrogen and oxygen atoms in total. The molecule has 120 valence electrons. The van der Waals surface area contributed by atoms with Crippen LogP contribution in [0.15, 0.2) is 15.4 Å². The minimum atomic E-state index is -3.56. The SMILES string of the molecule is Cc1oc(CNC(C)C)cc1S(=O)(=O)NC1CCCOC1. The van der Waals surface area contributed by atoms with Gasteiger partial charge >= 0.3 is 0 Å². The summed E-state index contributed by atoms with van der Waals surface area (Å²) in [5.74, 6) is 1.04. The van der Waals surface area contributed by atoms with Crippen LogP contribution >= 0.6 is 0 Å². The molecule has 1 aliphatic rings. The van der Waals surface area contributed by atoms with E-state index in [4.69, 9.17) is 9.15 Å². The van der Waals surface area contributed by atoms with Crippen LogP contribution in [-0.4, -0.2) is 33.7 Å². The minimum Gasteiger partial charge on any atom is -0.464 e. The van der Waals surface area contributed by atoms with Crippen molar-refractivity contribution in [1.82, 2.24) is 10.0 Å². The molecule has 2 N–H and O–H groups in total.